The molecule has 0 bridgehead atoms. The van der Waals surface area contributed by atoms with Crippen molar-refractivity contribution in [2.45, 2.75) is 25.7 Å². The maximum atomic E-state index is 11.1. The van der Waals surface area contributed by atoms with Crippen molar-refractivity contribution in [2.24, 2.45) is 11.8 Å². The fourth-order valence-electron chi connectivity index (χ4n) is 1.81. The molecule has 0 aromatic rings. The lowest BCUT2D eigenvalue weighted by molar-refractivity contribution is -0.126. The summed E-state index contributed by atoms with van der Waals surface area (Å²) in [5.41, 5.74) is 0.858. The van der Waals surface area contributed by atoms with Gasteiger partial charge in [-0.15, -0.1) is 0 Å². The molecule has 0 N–H and O–H groups in total. The zero-order valence-electron chi connectivity index (χ0n) is 6.10. The molecule has 2 aliphatic carbocycles. The van der Waals surface area contributed by atoms with E-state index in [2.05, 4.69) is 6.58 Å². The number of ketones is 1. The third kappa shape index (κ3) is 0.664. The van der Waals surface area contributed by atoms with Gasteiger partial charge >= 0.3 is 0 Å². The van der Waals surface area contributed by atoms with E-state index in [0.717, 1.165) is 17.9 Å². The van der Waals surface area contributed by atoms with Gasteiger partial charge in [-0.2, -0.15) is 0 Å². The van der Waals surface area contributed by atoms with Crippen LogP contribution in [0.2, 0.25) is 0 Å². The van der Waals surface area contributed by atoms with Crippen LogP contribution < -0.4 is 0 Å². The third-order valence-corrected chi connectivity index (χ3v) is 2.87. The molecule has 0 saturated heterocycles. The molecule has 0 amide bonds. The quantitative estimate of drug-likeness (QED) is 0.503. The normalized spacial score (nSPS) is 33.4. The van der Waals surface area contributed by atoms with Crippen LogP contribution in [0.15, 0.2) is 12.2 Å². The highest BCUT2D eigenvalue weighted by Gasteiger charge is 2.40. The molecule has 1 heteroatoms. The second-order valence-corrected chi connectivity index (χ2v) is 3.47. The molecule has 0 aliphatic heterocycles. The van der Waals surface area contributed by atoms with Crippen LogP contribution in [0.5, 0.6) is 0 Å². The van der Waals surface area contributed by atoms with Gasteiger partial charge in [0, 0.05) is 5.92 Å². The Morgan fingerprint density at radius 1 is 1.40 bits per heavy atom. The van der Waals surface area contributed by atoms with Gasteiger partial charge < -0.3 is 0 Å². The van der Waals surface area contributed by atoms with Gasteiger partial charge in [-0.3, -0.25) is 4.79 Å². The maximum absolute atomic E-state index is 11.1. The number of carbonyl (C=O) groups is 1. The van der Waals surface area contributed by atoms with Crippen LogP contribution in [-0.2, 0) is 4.79 Å². The summed E-state index contributed by atoms with van der Waals surface area (Å²) >= 11 is 0. The van der Waals surface area contributed by atoms with Gasteiger partial charge in [0.2, 0.25) is 0 Å². The molecule has 2 aliphatic rings. The van der Waals surface area contributed by atoms with Gasteiger partial charge in [0.15, 0.2) is 5.78 Å². The Hall–Kier alpha value is -0.590. The zero-order valence-corrected chi connectivity index (χ0v) is 6.10. The number of Topliss-reactive ketones (excluding diaryl/α,β-unsaturated/α-hetero) is 1. The lowest BCUT2D eigenvalue weighted by Crippen LogP contribution is -2.37. The fourth-order valence-corrected chi connectivity index (χ4v) is 1.81. The van der Waals surface area contributed by atoms with Crippen LogP contribution >= 0.6 is 0 Å². The maximum Gasteiger partial charge on any atom is 0.161 e. The average molecular weight is 136 g/mol. The van der Waals surface area contributed by atoms with Crippen LogP contribution in [0.3, 0.4) is 0 Å². The number of carbonyl (C=O) groups excluding carboxylic acids is 1. The molecular formula is C9H12O. The predicted molar refractivity (Wildman–Crippen MR) is 39.6 cm³/mol. The molecule has 1 unspecified atom stereocenters. The highest BCUT2D eigenvalue weighted by molar-refractivity contribution is 6.03. The lowest BCUT2D eigenvalue weighted by Gasteiger charge is -2.38. The summed E-state index contributed by atoms with van der Waals surface area (Å²) in [5, 5.41) is 0. The summed E-state index contributed by atoms with van der Waals surface area (Å²) in [6.45, 7) is 3.68. The van der Waals surface area contributed by atoms with Crippen LogP contribution in [0.4, 0.5) is 0 Å². The molecular weight excluding hydrogens is 124 g/mol. The van der Waals surface area contributed by atoms with Gasteiger partial charge in [0.05, 0.1) is 0 Å². The molecule has 0 radical (unpaired) electrons. The van der Waals surface area contributed by atoms with Crippen molar-refractivity contribution in [3.63, 3.8) is 0 Å². The molecule has 1 nitrogen and oxygen atoms in total. The highest BCUT2D eigenvalue weighted by Crippen LogP contribution is 2.43. The van der Waals surface area contributed by atoms with Gasteiger partial charge in [-0.05, 0) is 30.8 Å². The van der Waals surface area contributed by atoms with E-state index >= 15 is 0 Å². The second-order valence-electron chi connectivity index (χ2n) is 3.47. The predicted octanol–water partition coefficient (Wildman–Crippen LogP) is 1.93. The SMILES string of the molecule is C=C1CC(C2CCC2)C1=O. The van der Waals surface area contributed by atoms with E-state index < -0.39 is 0 Å². The Kier molecular flexibility index (Phi) is 1.19. The minimum Gasteiger partial charge on any atom is -0.294 e. The Morgan fingerprint density at radius 2 is 2.10 bits per heavy atom. The van der Waals surface area contributed by atoms with Crippen LogP contribution in [0, 0.1) is 11.8 Å². The molecule has 0 aromatic carbocycles. The first-order chi connectivity index (χ1) is 4.79. The molecule has 54 valence electrons. The van der Waals surface area contributed by atoms with E-state index in [0.29, 0.717) is 11.7 Å². The molecule has 10 heavy (non-hydrogen) atoms. The largest absolute Gasteiger partial charge is 0.294 e. The van der Waals surface area contributed by atoms with E-state index in [1.807, 2.05) is 0 Å². The minimum atomic E-state index is 0.352. The number of rotatable bonds is 1. The van der Waals surface area contributed by atoms with Crippen molar-refractivity contribution in [2.75, 3.05) is 0 Å². The summed E-state index contributed by atoms with van der Waals surface area (Å²) in [5.74, 6) is 1.48. The number of hydrogen-bond donors (Lipinski definition) is 0. The van der Waals surface area contributed by atoms with Crippen molar-refractivity contribution in [1.82, 2.24) is 0 Å². The van der Waals surface area contributed by atoms with Gasteiger partial charge in [-0.25, -0.2) is 0 Å². The molecule has 0 heterocycles. The van der Waals surface area contributed by atoms with E-state index in [4.69, 9.17) is 0 Å². The van der Waals surface area contributed by atoms with Gasteiger partial charge in [0.25, 0.3) is 0 Å². The number of hydrogen-bond acceptors (Lipinski definition) is 1. The zero-order chi connectivity index (χ0) is 7.14. The van der Waals surface area contributed by atoms with Crippen molar-refractivity contribution >= 4 is 5.78 Å². The second kappa shape index (κ2) is 1.94. The molecule has 1 atom stereocenters. The molecule has 2 rings (SSSR count). The van der Waals surface area contributed by atoms with E-state index in [-0.39, 0.29) is 0 Å². The Morgan fingerprint density at radius 3 is 2.40 bits per heavy atom. The third-order valence-electron chi connectivity index (χ3n) is 2.87. The molecule has 0 aromatic heterocycles. The Labute approximate surface area is 61.1 Å². The van der Waals surface area contributed by atoms with E-state index in [9.17, 15) is 4.79 Å². The summed E-state index contributed by atoms with van der Waals surface area (Å²) < 4.78 is 0. The van der Waals surface area contributed by atoms with Gasteiger partial charge in [-0.1, -0.05) is 13.0 Å². The summed E-state index contributed by atoms with van der Waals surface area (Å²) in [6.07, 6.45) is 4.89. The molecule has 2 saturated carbocycles. The van der Waals surface area contributed by atoms with Crippen LogP contribution in [0.1, 0.15) is 25.7 Å². The van der Waals surface area contributed by atoms with Crippen molar-refractivity contribution in [3.05, 3.63) is 12.2 Å². The monoisotopic (exact) mass is 136 g/mol. The van der Waals surface area contributed by atoms with E-state index in [1.54, 1.807) is 0 Å². The molecule has 0 spiro atoms. The van der Waals surface area contributed by atoms with Crippen molar-refractivity contribution in [1.29, 1.82) is 0 Å². The summed E-state index contributed by atoms with van der Waals surface area (Å²) in [4.78, 5) is 11.1. The lowest BCUT2D eigenvalue weighted by atomic mass is 9.64. The van der Waals surface area contributed by atoms with Crippen molar-refractivity contribution < 1.29 is 4.79 Å². The summed E-state index contributed by atoms with van der Waals surface area (Å²) in [7, 11) is 0. The average Bonchev–Trinajstić information content (AvgIpc) is 1.83. The van der Waals surface area contributed by atoms with Crippen molar-refractivity contribution in [3.8, 4) is 0 Å². The fraction of sp³-hybridized carbons (Fsp3) is 0.667. The Balaban J connectivity index is 1.96. The van der Waals surface area contributed by atoms with Crippen LogP contribution in [-0.4, -0.2) is 5.78 Å². The highest BCUT2D eigenvalue weighted by atomic mass is 16.1. The summed E-state index contributed by atoms with van der Waals surface area (Å²) in [6, 6.07) is 0. The topological polar surface area (TPSA) is 17.1 Å². The number of allylic oxidation sites excluding steroid dienone is 1. The first kappa shape index (κ1) is 6.14. The van der Waals surface area contributed by atoms with E-state index in [1.165, 1.54) is 19.3 Å². The Bertz CT molecular complexity index is 189. The van der Waals surface area contributed by atoms with Gasteiger partial charge in [0.1, 0.15) is 0 Å². The van der Waals surface area contributed by atoms with Crippen LogP contribution in [0.25, 0.3) is 0 Å². The minimum absolute atomic E-state index is 0.352. The molecule has 2 fully saturated rings. The standard InChI is InChI=1S/C9H12O/c1-6-5-8(9(6)10)7-3-2-4-7/h7-8H,1-5H2. The first-order valence-electron chi connectivity index (χ1n) is 4.01. The smallest absolute Gasteiger partial charge is 0.161 e. The first-order valence-corrected chi connectivity index (χ1v) is 4.01.